The number of benzene rings is 3. The largest absolute Gasteiger partial charge is 0.348 e. The number of carbonyl (C=O) groups is 2. The monoisotopic (exact) mass is 624 g/mol. The summed E-state index contributed by atoms with van der Waals surface area (Å²) in [5.41, 5.74) is 2.68. The molecule has 1 heterocycles. The van der Waals surface area contributed by atoms with Gasteiger partial charge in [-0.15, -0.1) is 0 Å². The molecule has 46 heavy (non-hydrogen) atoms. The minimum atomic E-state index is -0.636. The van der Waals surface area contributed by atoms with E-state index >= 15 is 0 Å². The fourth-order valence-corrected chi connectivity index (χ4v) is 6.06. The molecule has 1 aromatic heterocycles. The zero-order valence-electron chi connectivity index (χ0n) is 28.1. The molecule has 1 unspecified atom stereocenters. The van der Waals surface area contributed by atoms with Gasteiger partial charge >= 0.3 is 0 Å². The molecule has 0 aliphatic rings. The van der Waals surface area contributed by atoms with E-state index in [-0.39, 0.29) is 17.9 Å². The molecule has 3 N–H and O–H groups in total. The first-order chi connectivity index (χ1) is 22.4. The number of fused-ring (bicyclic) bond motifs is 1. The third kappa shape index (κ3) is 9.99. The summed E-state index contributed by atoms with van der Waals surface area (Å²) in [6, 6.07) is 21.1. The van der Waals surface area contributed by atoms with E-state index in [0.29, 0.717) is 25.1 Å². The SMILES string of the molecule is CCCN(CCC)CCCC(NC(=O)c1ccc(CNCc2nccn2CCC)cc1)C(=O)N[C@@H](C)c1cccc2ccccc12. The van der Waals surface area contributed by atoms with Crippen molar-refractivity contribution in [2.45, 2.75) is 91.5 Å². The molecule has 2 atom stereocenters. The van der Waals surface area contributed by atoms with Crippen molar-refractivity contribution in [3.8, 4) is 0 Å². The van der Waals surface area contributed by atoms with Crippen molar-refractivity contribution in [3.05, 3.63) is 102 Å². The van der Waals surface area contributed by atoms with Crippen LogP contribution in [0.2, 0.25) is 0 Å². The van der Waals surface area contributed by atoms with Crippen LogP contribution in [0.1, 0.15) is 93.2 Å². The summed E-state index contributed by atoms with van der Waals surface area (Å²) in [5, 5.41) is 12.0. The number of aromatic nitrogens is 2. The highest BCUT2D eigenvalue weighted by Gasteiger charge is 2.24. The molecule has 2 amide bonds. The van der Waals surface area contributed by atoms with Crippen LogP contribution in [0, 0.1) is 0 Å². The summed E-state index contributed by atoms with van der Waals surface area (Å²) >= 11 is 0. The van der Waals surface area contributed by atoms with Crippen LogP contribution in [-0.2, 0) is 24.4 Å². The number of nitrogens with one attached hydrogen (secondary N) is 3. The Bertz CT molecular complexity index is 1500. The van der Waals surface area contributed by atoms with Crippen molar-refractivity contribution in [2.24, 2.45) is 0 Å². The molecule has 0 bridgehead atoms. The lowest BCUT2D eigenvalue weighted by Gasteiger charge is -2.25. The van der Waals surface area contributed by atoms with E-state index in [9.17, 15) is 9.59 Å². The van der Waals surface area contributed by atoms with E-state index in [1.54, 1.807) is 0 Å². The Kier molecular flexibility index (Phi) is 13.8. The van der Waals surface area contributed by atoms with Gasteiger partial charge in [0.2, 0.25) is 5.91 Å². The molecule has 8 nitrogen and oxygen atoms in total. The number of hydrogen-bond acceptors (Lipinski definition) is 5. The van der Waals surface area contributed by atoms with E-state index in [4.69, 9.17) is 0 Å². The van der Waals surface area contributed by atoms with Crippen LogP contribution >= 0.6 is 0 Å². The second-order valence-corrected chi connectivity index (χ2v) is 12.1. The first kappa shape index (κ1) is 34.9. The molecule has 0 spiro atoms. The Morgan fingerprint density at radius 1 is 0.848 bits per heavy atom. The van der Waals surface area contributed by atoms with Crippen molar-refractivity contribution in [2.75, 3.05) is 19.6 Å². The smallest absolute Gasteiger partial charge is 0.251 e. The third-order valence-corrected chi connectivity index (χ3v) is 8.41. The Labute approximate surface area is 275 Å². The Balaban J connectivity index is 1.39. The van der Waals surface area contributed by atoms with Gasteiger partial charge in [0.15, 0.2) is 0 Å². The van der Waals surface area contributed by atoms with Gasteiger partial charge in [0.25, 0.3) is 5.91 Å². The zero-order valence-corrected chi connectivity index (χ0v) is 28.1. The zero-order chi connectivity index (χ0) is 32.7. The van der Waals surface area contributed by atoms with Gasteiger partial charge < -0.3 is 25.4 Å². The number of imidazole rings is 1. The molecular weight excluding hydrogens is 572 g/mol. The number of amides is 2. The second-order valence-electron chi connectivity index (χ2n) is 12.1. The number of aryl methyl sites for hydroxylation is 1. The number of rotatable bonds is 19. The number of nitrogens with zero attached hydrogens (tertiary/aromatic N) is 3. The Morgan fingerprint density at radius 2 is 1.59 bits per heavy atom. The van der Waals surface area contributed by atoms with Crippen molar-refractivity contribution in [1.82, 2.24) is 30.4 Å². The molecule has 246 valence electrons. The lowest BCUT2D eigenvalue weighted by molar-refractivity contribution is -0.123. The summed E-state index contributed by atoms with van der Waals surface area (Å²) < 4.78 is 2.17. The Morgan fingerprint density at radius 3 is 2.33 bits per heavy atom. The molecule has 8 heteroatoms. The molecule has 0 aliphatic heterocycles. The average molecular weight is 625 g/mol. The Hall–Kier alpha value is -4.01. The molecular formula is C38H52N6O2. The van der Waals surface area contributed by atoms with Gasteiger partial charge in [0.05, 0.1) is 12.6 Å². The summed E-state index contributed by atoms with van der Waals surface area (Å²) in [4.78, 5) is 34.1. The predicted molar refractivity (Wildman–Crippen MR) is 188 cm³/mol. The lowest BCUT2D eigenvalue weighted by atomic mass is 9.99. The second kappa shape index (κ2) is 18.2. The third-order valence-electron chi connectivity index (χ3n) is 8.41. The molecule has 0 saturated carbocycles. The van der Waals surface area contributed by atoms with Gasteiger partial charge in [-0.25, -0.2) is 4.98 Å². The van der Waals surface area contributed by atoms with E-state index < -0.39 is 6.04 Å². The molecule has 0 saturated heterocycles. The minimum Gasteiger partial charge on any atom is -0.348 e. The highest BCUT2D eigenvalue weighted by atomic mass is 16.2. The normalized spacial score (nSPS) is 12.7. The first-order valence-electron chi connectivity index (χ1n) is 17.0. The van der Waals surface area contributed by atoms with Gasteiger partial charge in [-0.3, -0.25) is 9.59 Å². The first-order valence-corrected chi connectivity index (χ1v) is 17.0. The van der Waals surface area contributed by atoms with Gasteiger partial charge in [-0.2, -0.15) is 0 Å². The highest BCUT2D eigenvalue weighted by Crippen LogP contribution is 2.24. The number of carbonyl (C=O) groups excluding carboxylic acids is 2. The number of hydrogen-bond donors (Lipinski definition) is 3. The maximum atomic E-state index is 13.7. The summed E-state index contributed by atoms with van der Waals surface area (Å²) in [6.07, 6.45) is 8.49. The van der Waals surface area contributed by atoms with E-state index in [0.717, 1.165) is 79.6 Å². The molecule has 3 aromatic carbocycles. The van der Waals surface area contributed by atoms with Crippen LogP contribution in [0.4, 0.5) is 0 Å². The van der Waals surface area contributed by atoms with E-state index in [1.807, 2.05) is 61.8 Å². The predicted octanol–water partition coefficient (Wildman–Crippen LogP) is 6.61. The van der Waals surface area contributed by atoms with E-state index in [1.165, 1.54) is 0 Å². The molecule has 0 aliphatic carbocycles. The molecule has 4 rings (SSSR count). The summed E-state index contributed by atoms with van der Waals surface area (Å²) in [7, 11) is 0. The summed E-state index contributed by atoms with van der Waals surface area (Å²) in [5.74, 6) is 0.621. The van der Waals surface area contributed by atoms with Crippen molar-refractivity contribution >= 4 is 22.6 Å². The van der Waals surface area contributed by atoms with Crippen molar-refractivity contribution in [1.29, 1.82) is 0 Å². The average Bonchev–Trinajstić information content (AvgIpc) is 3.51. The quantitative estimate of drug-likeness (QED) is 0.109. The van der Waals surface area contributed by atoms with Crippen LogP contribution < -0.4 is 16.0 Å². The van der Waals surface area contributed by atoms with Crippen LogP contribution in [0.3, 0.4) is 0 Å². The van der Waals surface area contributed by atoms with Crippen LogP contribution in [-0.4, -0.2) is 51.9 Å². The maximum absolute atomic E-state index is 13.7. The van der Waals surface area contributed by atoms with Gasteiger partial charge in [0, 0.05) is 31.0 Å². The van der Waals surface area contributed by atoms with Gasteiger partial charge in [-0.05, 0) is 92.7 Å². The standard InChI is InChI=1S/C38H52N6O2/c1-5-22-43(23-6-2)25-11-16-35(38(46)41-29(4)33-15-10-13-31-12-8-9-14-34(31)33)42-37(45)32-19-17-30(18-20-32)27-39-28-36-40-21-26-44(36)24-7-3/h8-10,12-15,17-21,26,29,35,39H,5-7,11,16,22-25,27-28H2,1-4H3,(H,41,46)(H,42,45)/t29-,35?/m0/s1. The van der Waals surface area contributed by atoms with Crippen LogP contribution in [0.15, 0.2) is 79.1 Å². The molecule has 4 aromatic rings. The lowest BCUT2D eigenvalue weighted by Crippen LogP contribution is -2.47. The maximum Gasteiger partial charge on any atom is 0.251 e. The van der Waals surface area contributed by atoms with Crippen LogP contribution in [0.25, 0.3) is 10.8 Å². The minimum absolute atomic E-state index is 0.159. The summed E-state index contributed by atoms with van der Waals surface area (Å²) in [6.45, 7) is 13.8. The van der Waals surface area contributed by atoms with Gasteiger partial charge in [-0.1, -0.05) is 75.4 Å². The van der Waals surface area contributed by atoms with Crippen LogP contribution in [0.5, 0.6) is 0 Å². The van der Waals surface area contributed by atoms with E-state index in [2.05, 4.69) is 75.4 Å². The van der Waals surface area contributed by atoms with Crippen molar-refractivity contribution < 1.29 is 9.59 Å². The van der Waals surface area contributed by atoms with Crippen molar-refractivity contribution in [3.63, 3.8) is 0 Å². The topological polar surface area (TPSA) is 91.3 Å². The molecule has 0 fully saturated rings. The highest BCUT2D eigenvalue weighted by molar-refractivity contribution is 5.97. The fraction of sp³-hybridized carbons (Fsp3) is 0.447. The molecule has 0 radical (unpaired) electrons. The van der Waals surface area contributed by atoms with Gasteiger partial charge in [0.1, 0.15) is 11.9 Å². The fourth-order valence-electron chi connectivity index (χ4n) is 6.06.